The molecular weight excluding hydrogens is 334 g/mol. The van der Waals surface area contributed by atoms with Gasteiger partial charge in [0.1, 0.15) is 0 Å². The number of nitrogens with one attached hydrogen (secondary N) is 1. The highest BCUT2D eigenvalue weighted by atomic mass is 35.5. The van der Waals surface area contributed by atoms with Gasteiger partial charge in [-0.05, 0) is 74.2 Å². The van der Waals surface area contributed by atoms with Crippen molar-refractivity contribution in [2.75, 3.05) is 13.1 Å². The Hall–Kier alpha value is -1.91. The minimum absolute atomic E-state index is 0.00777. The van der Waals surface area contributed by atoms with E-state index in [-0.39, 0.29) is 11.9 Å². The largest absolute Gasteiger partial charge is 0.347 e. The van der Waals surface area contributed by atoms with Gasteiger partial charge in [0.2, 0.25) is 0 Å². The first-order valence-electron chi connectivity index (χ1n) is 8.90. The summed E-state index contributed by atoms with van der Waals surface area (Å²) in [5.41, 5.74) is 1.90. The molecule has 1 aromatic carbocycles. The number of halogens is 1. The molecule has 4 nitrogen and oxygen atoms in total. The minimum Gasteiger partial charge on any atom is -0.347 e. The maximum absolute atomic E-state index is 12.7. The topological polar surface area (TPSA) is 45.2 Å². The molecule has 0 saturated carbocycles. The van der Waals surface area contributed by atoms with Gasteiger partial charge in [-0.2, -0.15) is 0 Å². The number of hydrogen-bond donors (Lipinski definition) is 1. The van der Waals surface area contributed by atoms with Crippen molar-refractivity contribution in [3.63, 3.8) is 0 Å². The number of carbonyl (C=O) groups excluding carboxylic acids is 1. The molecule has 3 fully saturated rings. The average Bonchev–Trinajstić information content (AvgIpc) is 2.66. The Morgan fingerprint density at radius 3 is 2.64 bits per heavy atom. The summed E-state index contributed by atoms with van der Waals surface area (Å²) in [6.45, 7) is 2.26. The van der Waals surface area contributed by atoms with E-state index in [9.17, 15) is 4.79 Å². The van der Waals surface area contributed by atoms with Crippen LogP contribution in [0.15, 0.2) is 48.8 Å². The molecule has 4 heterocycles. The summed E-state index contributed by atoms with van der Waals surface area (Å²) < 4.78 is 0. The van der Waals surface area contributed by atoms with E-state index in [4.69, 9.17) is 11.6 Å². The molecule has 0 radical (unpaired) electrons. The van der Waals surface area contributed by atoms with Crippen LogP contribution in [0.25, 0.3) is 0 Å². The fraction of sp³-hybridized carbons (Fsp3) is 0.400. The minimum atomic E-state index is -0.00777. The Balaban J connectivity index is 1.52. The fourth-order valence-electron chi connectivity index (χ4n) is 4.22. The molecule has 3 aliphatic heterocycles. The molecule has 3 aliphatic rings. The zero-order chi connectivity index (χ0) is 17.2. The molecule has 5 heteroatoms. The fourth-order valence-corrected chi connectivity index (χ4v) is 4.34. The Labute approximate surface area is 153 Å². The molecule has 5 rings (SSSR count). The summed E-state index contributed by atoms with van der Waals surface area (Å²) in [6.07, 6.45) is 6.98. The molecule has 1 N–H and O–H groups in total. The molecule has 0 aliphatic carbocycles. The predicted octanol–water partition coefficient (Wildman–Crippen LogP) is 3.17. The lowest BCUT2D eigenvalue weighted by atomic mass is 9.76. The second-order valence-electron chi connectivity index (χ2n) is 7.01. The summed E-state index contributed by atoms with van der Waals surface area (Å²) in [5, 5.41) is 3.96. The Bertz CT molecular complexity index is 726. The first-order chi connectivity index (χ1) is 12.2. The van der Waals surface area contributed by atoms with Crippen LogP contribution in [0.3, 0.4) is 0 Å². The molecule has 130 valence electrons. The summed E-state index contributed by atoms with van der Waals surface area (Å²) in [6, 6.07) is 11.7. The van der Waals surface area contributed by atoms with Gasteiger partial charge in [0.05, 0.1) is 0 Å². The number of hydrogen-bond acceptors (Lipinski definition) is 3. The van der Waals surface area contributed by atoms with Crippen molar-refractivity contribution in [2.24, 2.45) is 5.92 Å². The third-order valence-corrected chi connectivity index (χ3v) is 5.79. The van der Waals surface area contributed by atoms with E-state index in [2.05, 4.69) is 21.3 Å². The average molecular weight is 356 g/mol. The number of nitrogens with zero attached hydrogens (tertiary/aromatic N) is 2. The van der Waals surface area contributed by atoms with E-state index in [0.717, 1.165) is 32.4 Å². The quantitative estimate of drug-likeness (QED) is 0.916. The lowest BCUT2D eigenvalue weighted by molar-refractivity contribution is 0.0136. The number of piperidine rings is 3. The highest BCUT2D eigenvalue weighted by Gasteiger charge is 2.42. The molecule has 25 heavy (non-hydrogen) atoms. The predicted molar refractivity (Wildman–Crippen MR) is 98.7 cm³/mol. The zero-order valence-corrected chi connectivity index (χ0v) is 14.8. The van der Waals surface area contributed by atoms with Gasteiger partial charge in [0.15, 0.2) is 0 Å². The lowest BCUT2D eigenvalue weighted by Crippen LogP contribution is -2.64. The highest BCUT2D eigenvalue weighted by Crippen LogP contribution is 2.34. The van der Waals surface area contributed by atoms with Crippen LogP contribution in [0.2, 0.25) is 5.02 Å². The van der Waals surface area contributed by atoms with Crippen molar-refractivity contribution in [3.8, 4) is 0 Å². The zero-order valence-electron chi connectivity index (χ0n) is 14.1. The van der Waals surface area contributed by atoms with Crippen LogP contribution in [0.5, 0.6) is 0 Å². The van der Waals surface area contributed by atoms with Gasteiger partial charge in [0, 0.05) is 35.1 Å². The Kier molecular flexibility index (Phi) is 4.73. The van der Waals surface area contributed by atoms with E-state index < -0.39 is 0 Å². The molecular formula is C20H22ClN3O. The van der Waals surface area contributed by atoms with Crippen LogP contribution in [-0.4, -0.2) is 41.0 Å². The molecule has 0 spiro atoms. The molecule has 2 aromatic rings. The van der Waals surface area contributed by atoms with Gasteiger partial charge in [-0.3, -0.25) is 14.7 Å². The normalized spacial score (nSPS) is 27.9. The van der Waals surface area contributed by atoms with E-state index in [1.165, 1.54) is 5.56 Å². The lowest BCUT2D eigenvalue weighted by Gasteiger charge is -2.51. The van der Waals surface area contributed by atoms with Crippen molar-refractivity contribution < 1.29 is 4.79 Å². The number of rotatable bonds is 4. The second-order valence-corrected chi connectivity index (χ2v) is 7.45. The van der Waals surface area contributed by atoms with Gasteiger partial charge >= 0.3 is 0 Å². The maximum atomic E-state index is 12.7. The molecule has 2 atom stereocenters. The highest BCUT2D eigenvalue weighted by molar-refractivity contribution is 6.30. The van der Waals surface area contributed by atoms with Crippen LogP contribution in [-0.2, 0) is 6.42 Å². The van der Waals surface area contributed by atoms with Gasteiger partial charge < -0.3 is 5.32 Å². The number of amides is 1. The third-order valence-electron chi connectivity index (χ3n) is 5.54. The van der Waals surface area contributed by atoms with Crippen molar-refractivity contribution in [1.29, 1.82) is 0 Å². The maximum Gasteiger partial charge on any atom is 0.251 e. The number of fused-ring (bicyclic) bond motifs is 3. The molecule has 3 saturated heterocycles. The number of pyridine rings is 1. The van der Waals surface area contributed by atoms with E-state index in [1.54, 1.807) is 30.5 Å². The van der Waals surface area contributed by atoms with Crippen molar-refractivity contribution in [1.82, 2.24) is 15.2 Å². The summed E-state index contributed by atoms with van der Waals surface area (Å²) >= 11 is 5.93. The van der Waals surface area contributed by atoms with Gasteiger partial charge in [0.25, 0.3) is 5.91 Å². The molecule has 2 bridgehead atoms. The number of carbonyl (C=O) groups is 1. The van der Waals surface area contributed by atoms with E-state index >= 15 is 0 Å². The van der Waals surface area contributed by atoms with Crippen molar-refractivity contribution >= 4 is 17.5 Å². The number of benzene rings is 1. The smallest absolute Gasteiger partial charge is 0.251 e. The third kappa shape index (κ3) is 3.55. The Morgan fingerprint density at radius 2 is 1.96 bits per heavy atom. The SMILES string of the molecule is O=C(N[C@@H]1C2CCN(CC2)[C@H]1Cc1cccnc1)c1ccc(Cl)cc1. The van der Waals surface area contributed by atoms with Crippen LogP contribution in [0.1, 0.15) is 28.8 Å². The molecule has 1 amide bonds. The summed E-state index contributed by atoms with van der Waals surface area (Å²) in [7, 11) is 0. The number of aromatic nitrogens is 1. The molecule has 0 unspecified atom stereocenters. The van der Waals surface area contributed by atoms with Crippen molar-refractivity contribution in [2.45, 2.75) is 31.3 Å². The van der Waals surface area contributed by atoms with Crippen LogP contribution >= 0.6 is 11.6 Å². The first kappa shape index (κ1) is 16.6. The summed E-state index contributed by atoms with van der Waals surface area (Å²) in [4.78, 5) is 19.5. The molecule has 1 aromatic heterocycles. The van der Waals surface area contributed by atoms with Crippen LogP contribution in [0.4, 0.5) is 0 Å². The van der Waals surface area contributed by atoms with Crippen LogP contribution in [0, 0.1) is 5.92 Å². The second kappa shape index (κ2) is 7.14. The van der Waals surface area contributed by atoms with E-state index in [1.807, 2.05) is 12.3 Å². The summed E-state index contributed by atoms with van der Waals surface area (Å²) in [5.74, 6) is 0.550. The Morgan fingerprint density at radius 1 is 1.20 bits per heavy atom. The standard InChI is InChI=1S/C20H22ClN3O/c21-17-5-3-16(4-6-17)20(25)23-19-15-7-10-24(11-8-15)18(19)12-14-2-1-9-22-13-14/h1-6,9,13,15,18-19H,7-8,10-12H2,(H,23,25)/t18-,19+/m0/s1. The van der Waals surface area contributed by atoms with Gasteiger partial charge in [-0.15, -0.1) is 0 Å². The van der Waals surface area contributed by atoms with Gasteiger partial charge in [-0.25, -0.2) is 0 Å². The van der Waals surface area contributed by atoms with Gasteiger partial charge in [-0.1, -0.05) is 17.7 Å². The first-order valence-corrected chi connectivity index (χ1v) is 9.28. The van der Waals surface area contributed by atoms with E-state index in [0.29, 0.717) is 22.5 Å². The monoisotopic (exact) mass is 355 g/mol. The van der Waals surface area contributed by atoms with Crippen molar-refractivity contribution in [3.05, 3.63) is 64.9 Å². The van der Waals surface area contributed by atoms with Crippen LogP contribution < -0.4 is 5.32 Å².